The fourth-order valence-electron chi connectivity index (χ4n) is 1.27. The summed E-state index contributed by atoms with van der Waals surface area (Å²) in [4.78, 5) is 25.6. The summed E-state index contributed by atoms with van der Waals surface area (Å²) in [5.74, 6) is -1.11. The number of carboxylic acids is 1. The summed E-state index contributed by atoms with van der Waals surface area (Å²) < 4.78 is 1.39. The summed E-state index contributed by atoms with van der Waals surface area (Å²) in [7, 11) is 1.60. The number of H-pyrrole nitrogens is 1. The van der Waals surface area contributed by atoms with Crippen LogP contribution in [0.4, 0.5) is 0 Å². The first kappa shape index (κ1) is 8.49. The molecule has 0 aliphatic rings. The highest BCUT2D eigenvalue weighted by molar-refractivity contribution is 5.88. The zero-order valence-electron chi connectivity index (χ0n) is 7.31. The Bertz CT molecular complexity index is 567. The third kappa shape index (κ3) is 1.08. The van der Waals surface area contributed by atoms with E-state index in [0.717, 1.165) is 0 Å². The fourth-order valence-corrected chi connectivity index (χ4v) is 1.27. The Labute approximate surface area is 77.8 Å². The molecule has 72 valence electrons. The Kier molecular flexibility index (Phi) is 1.63. The van der Waals surface area contributed by atoms with Crippen molar-refractivity contribution in [1.82, 2.24) is 14.8 Å². The molecule has 2 rings (SSSR count). The van der Waals surface area contributed by atoms with Gasteiger partial charge in [-0.2, -0.15) is 0 Å². The first-order valence-corrected chi connectivity index (χ1v) is 3.88. The molecule has 0 unspecified atom stereocenters. The number of aryl methyl sites for hydroxylation is 1. The highest BCUT2D eigenvalue weighted by Crippen LogP contribution is 2.06. The van der Waals surface area contributed by atoms with Crippen molar-refractivity contribution in [1.29, 1.82) is 0 Å². The highest BCUT2D eigenvalue weighted by atomic mass is 16.4. The molecule has 0 bridgehead atoms. The van der Waals surface area contributed by atoms with Gasteiger partial charge in [0.2, 0.25) is 0 Å². The maximum atomic E-state index is 11.2. The third-order valence-electron chi connectivity index (χ3n) is 1.93. The highest BCUT2D eigenvalue weighted by Gasteiger charge is 2.09. The largest absolute Gasteiger partial charge is 0.477 e. The van der Waals surface area contributed by atoms with Gasteiger partial charge in [-0.1, -0.05) is 0 Å². The fraction of sp³-hybridized carbons (Fsp3) is 0.125. The van der Waals surface area contributed by atoms with Gasteiger partial charge in [0.1, 0.15) is 0 Å². The molecule has 6 nitrogen and oxygen atoms in total. The summed E-state index contributed by atoms with van der Waals surface area (Å²) in [6.07, 6.45) is 0. The van der Waals surface area contributed by atoms with Crippen molar-refractivity contribution in [3.05, 3.63) is 28.2 Å². The van der Waals surface area contributed by atoms with Gasteiger partial charge in [-0.3, -0.25) is 14.6 Å². The molecule has 0 atom stereocenters. The molecule has 0 aliphatic heterocycles. The van der Waals surface area contributed by atoms with E-state index in [1.807, 2.05) is 0 Å². The number of carbonyl (C=O) groups is 1. The van der Waals surface area contributed by atoms with E-state index >= 15 is 0 Å². The van der Waals surface area contributed by atoms with Crippen LogP contribution in [0, 0.1) is 0 Å². The van der Waals surface area contributed by atoms with Crippen LogP contribution in [0.5, 0.6) is 0 Å². The average Bonchev–Trinajstić information content (AvgIpc) is 2.42. The molecule has 0 saturated heterocycles. The Morgan fingerprint density at radius 1 is 1.57 bits per heavy atom. The zero-order valence-corrected chi connectivity index (χ0v) is 7.31. The van der Waals surface area contributed by atoms with Crippen LogP contribution < -0.4 is 5.56 Å². The van der Waals surface area contributed by atoms with Crippen LogP contribution in [0.2, 0.25) is 0 Å². The molecule has 14 heavy (non-hydrogen) atoms. The van der Waals surface area contributed by atoms with Crippen LogP contribution in [-0.4, -0.2) is 25.8 Å². The Morgan fingerprint density at radius 3 is 2.93 bits per heavy atom. The Balaban J connectivity index is 2.83. The molecule has 2 aromatic rings. The van der Waals surface area contributed by atoms with Gasteiger partial charge in [0.05, 0.1) is 5.39 Å². The second-order valence-electron chi connectivity index (χ2n) is 2.87. The van der Waals surface area contributed by atoms with Crippen LogP contribution in [0.15, 0.2) is 16.9 Å². The quantitative estimate of drug-likeness (QED) is 0.665. The number of aromatic carboxylic acids is 1. The monoisotopic (exact) mass is 193 g/mol. The number of aromatic nitrogens is 3. The third-order valence-corrected chi connectivity index (χ3v) is 1.93. The molecule has 2 heterocycles. The maximum absolute atomic E-state index is 11.2. The second kappa shape index (κ2) is 2.69. The van der Waals surface area contributed by atoms with Crippen molar-refractivity contribution < 1.29 is 9.90 Å². The minimum absolute atomic E-state index is 0.0768. The standard InChI is InChI=1S/C8H7N3O3/c1-11-6-4(7(12)10-11)2-3-5(9-6)8(13)14/h2-3H,1H3,(H,10,12)(H,13,14). The predicted octanol–water partition coefficient (Wildman–Crippen LogP) is -0.0402. The minimum Gasteiger partial charge on any atom is -0.477 e. The van der Waals surface area contributed by atoms with Crippen molar-refractivity contribution in [3.8, 4) is 0 Å². The van der Waals surface area contributed by atoms with Crippen LogP contribution in [0.25, 0.3) is 11.0 Å². The van der Waals surface area contributed by atoms with Gasteiger partial charge >= 0.3 is 5.97 Å². The van der Waals surface area contributed by atoms with Crippen molar-refractivity contribution >= 4 is 17.0 Å². The number of hydrogen-bond acceptors (Lipinski definition) is 3. The van der Waals surface area contributed by atoms with Gasteiger partial charge in [-0.25, -0.2) is 9.78 Å². The number of hydrogen-bond donors (Lipinski definition) is 2. The van der Waals surface area contributed by atoms with Crippen LogP contribution in [0.3, 0.4) is 0 Å². The Hall–Kier alpha value is -2.11. The van der Waals surface area contributed by atoms with Crippen LogP contribution >= 0.6 is 0 Å². The molecule has 0 radical (unpaired) electrons. The summed E-state index contributed by atoms with van der Waals surface area (Å²) in [5.41, 5.74) is -0.00561. The van der Waals surface area contributed by atoms with E-state index in [-0.39, 0.29) is 11.3 Å². The molecule has 2 N–H and O–H groups in total. The van der Waals surface area contributed by atoms with Gasteiger partial charge in [0.15, 0.2) is 11.3 Å². The van der Waals surface area contributed by atoms with Crippen molar-refractivity contribution in [2.45, 2.75) is 0 Å². The summed E-state index contributed by atoms with van der Waals surface area (Å²) in [6, 6.07) is 2.75. The number of pyridine rings is 1. The van der Waals surface area contributed by atoms with E-state index < -0.39 is 5.97 Å². The van der Waals surface area contributed by atoms with E-state index in [1.54, 1.807) is 7.05 Å². The maximum Gasteiger partial charge on any atom is 0.354 e. The molecule has 6 heteroatoms. The molecule has 0 saturated carbocycles. The van der Waals surface area contributed by atoms with Gasteiger partial charge < -0.3 is 5.11 Å². The number of nitrogens with zero attached hydrogens (tertiary/aromatic N) is 2. The first-order chi connectivity index (χ1) is 6.59. The van der Waals surface area contributed by atoms with E-state index in [2.05, 4.69) is 10.1 Å². The van der Waals surface area contributed by atoms with Crippen LogP contribution in [-0.2, 0) is 7.05 Å². The summed E-state index contributed by atoms with van der Waals surface area (Å²) in [5, 5.41) is 11.6. The van der Waals surface area contributed by atoms with E-state index in [1.165, 1.54) is 16.8 Å². The van der Waals surface area contributed by atoms with Crippen molar-refractivity contribution in [3.63, 3.8) is 0 Å². The molecule has 2 aromatic heterocycles. The summed E-state index contributed by atoms with van der Waals surface area (Å²) >= 11 is 0. The van der Waals surface area contributed by atoms with Crippen LogP contribution in [0.1, 0.15) is 10.5 Å². The smallest absolute Gasteiger partial charge is 0.354 e. The zero-order chi connectivity index (χ0) is 10.3. The van der Waals surface area contributed by atoms with E-state index in [4.69, 9.17) is 5.11 Å². The minimum atomic E-state index is -1.11. The SMILES string of the molecule is Cn1[nH]c(=O)c2ccc(C(=O)O)nc21. The molecule has 0 spiro atoms. The van der Waals surface area contributed by atoms with Gasteiger partial charge in [-0.05, 0) is 12.1 Å². The molecular formula is C8H7N3O3. The number of nitrogens with one attached hydrogen (secondary N) is 1. The lowest BCUT2D eigenvalue weighted by atomic mass is 10.3. The number of rotatable bonds is 1. The number of fused-ring (bicyclic) bond motifs is 1. The normalized spacial score (nSPS) is 10.6. The lowest BCUT2D eigenvalue weighted by Crippen LogP contribution is -2.01. The summed E-state index contributed by atoms with van der Waals surface area (Å²) in [6.45, 7) is 0. The topological polar surface area (TPSA) is 88.0 Å². The molecule has 0 fully saturated rings. The van der Waals surface area contributed by atoms with Gasteiger partial charge in [0, 0.05) is 7.05 Å². The number of carboxylic acid groups (broad SMARTS) is 1. The molecule has 0 aromatic carbocycles. The molecular weight excluding hydrogens is 186 g/mol. The van der Waals surface area contributed by atoms with Crippen molar-refractivity contribution in [2.24, 2.45) is 7.05 Å². The second-order valence-corrected chi connectivity index (χ2v) is 2.87. The van der Waals surface area contributed by atoms with E-state index in [0.29, 0.717) is 11.0 Å². The van der Waals surface area contributed by atoms with E-state index in [9.17, 15) is 9.59 Å². The predicted molar refractivity (Wildman–Crippen MR) is 48.3 cm³/mol. The molecule has 0 aliphatic carbocycles. The first-order valence-electron chi connectivity index (χ1n) is 3.88. The Morgan fingerprint density at radius 2 is 2.29 bits per heavy atom. The number of aromatic amines is 1. The van der Waals surface area contributed by atoms with Crippen molar-refractivity contribution in [2.75, 3.05) is 0 Å². The lowest BCUT2D eigenvalue weighted by molar-refractivity contribution is 0.0691. The van der Waals surface area contributed by atoms with Gasteiger partial charge in [0.25, 0.3) is 5.56 Å². The van der Waals surface area contributed by atoms with Gasteiger partial charge in [-0.15, -0.1) is 0 Å². The molecule has 0 amide bonds. The lowest BCUT2D eigenvalue weighted by Gasteiger charge is -1.95. The average molecular weight is 193 g/mol.